The lowest BCUT2D eigenvalue weighted by Crippen LogP contribution is -2.45. The highest BCUT2D eigenvalue weighted by Gasteiger charge is 2.29. The predicted molar refractivity (Wildman–Crippen MR) is 95.2 cm³/mol. The topological polar surface area (TPSA) is 50.8 Å². The first-order valence-electron chi connectivity index (χ1n) is 8.11. The van der Waals surface area contributed by atoms with E-state index in [4.69, 9.17) is 9.47 Å². The van der Waals surface area contributed by atoms with Gasteiger partial charge in [0.25, 0.3) is 0 Å². The molecule has 0 unspecified atom stereocenters. The van der Waals surface area contributed by atoms with Gasteiger partial charge in [-0.15, -0.1) is 0 Å². The first kappa shape index (κ1) is 16.2. The van der Waals surface area contributed by atoms with Crippen LogP contribution in [0.15, 0.2) is 42.5 Å². The lowest BCUT2D eigenvalue weighted by atomic mass is 10.1. The molecule has 24 heavy (non-hydrogen) atoms. The fourth-order valence-electron chi connectivity index (χ4n) is 2.79. The van der Waals surface area contributed by atoms with E-state index >= 15 is 0 Å². The third kappa shape index (κ3) is 3.15. The first-order valence-corrected chi connectivity index (χ1v) is 8.11. The van der Waals surface area contributed by atoms with Crippen LogP contribution in [0.3, 0.4) is 0 Å². The lowest BCUT2D eigenvalue weighted by Gasteiger charge is -2.34. The highest BCUT2D eigenvalue weighted by atomic mass is 16.5. The Morgan fingerprint density at radius 1 is 1.33 bits per heavy atom. The summed E-state index contributed by atoms with van der Waals surface area (Å²) < 4.78 is 11.3. The molecule has 5 heteroatoms. The first-order chi connectivity index (χ1) is 11.6. The fourth-order valence-corrected chi connectivity index (χ4v) is 2.79. The monoisotopic (exact) mass is 326 g/mol. The SMILES string of the molecule is CC[C@@H]1CN(C(=O)Nc2ccccc2OC)c2cc(C)ccc2O1. The summed E-state index contributed by atoms with van der Waals surface area (Å²) in [6.07, 6.45) is 0.829. The number of ether oxygens (including phenoxy) is 2. The van der Waals surface area contributed by atoms with Crippen LogP contribution in [0.4, 0.5) is 16.2 Å². The minimum absolute atomic E-state index is 0.0105. The molecule has 5 nitrogen and oxygen atoms in total. The van der Waals surface area contributed by atoms with Crippen molar-refractivity contribution < 1.29 is 14.3 Å². The van der Waals surface area contributed by atoms with E-state index in [0.717, 1.165) is 23.4 Å². The molecule has 0 fully saturated rings. The minimum atomic E-state index is -0.187. The molecule has 0 spiro atoms. The number of aryl methyl sites for hydroxylation is 1. The van der Waals surface area contributed by atoms with Crippen molar-refractivity contribution in [1.29, 1.82) is 0 Å². The maximum absolute atomic E-state index is 12.9. The van der Waals surface area contributed by atoms with Gasteiger partial charge in [-0.25, -0.2) is 4.79 Å². The molecule has 1 aliphatic rings. The number of amides is 2. The molecule has 0 saturated heterocycles. The van der Waals surface area contributed by atoms with Crippen molar-refractivity contribution in [3.8, 4) is 11.5 Å². The van der Waals surface area contributed by atoms with Crippen molar-refractivity contribution in [3.05, 3.63) is 48.0 Å². The number of carbonyl (C=O) groups excluding carboxylic acids is 1. The van der Waals surface area contributed by atoms with Crippen LogP contribution in [0.2, 0.25) is 0 Å². The number of nitrogens with one attached hydrogen (secondary N) is 1. The van der Waals surface area contributed by atoms with Crippen molar-refractivity contribution in [2.24, 2.45) is 0 Å². The lowest BCUT2D eigenvalue weighted by molar-refractivity contribution is 0.188. The Labute approximate surface area is 142 Å². The van der Waals surface area contributed by atoms with Gasteiger partial charge in [-0.05, 0) is 43.2 Å². The van der Waals surface area contributed by atoms with Gasteiger partial charge in [0.05, 0.1) is 25.0 Å². The summed E-state index contributed by atoms with van der Waals surface area (Å²) in [5, 5.41) is 2.94. The molecular formula is C19H22N2O3. The Kier molecular flexibility index (Phi) is 4.60. The molecule has 0 radical (unpaired) electrons. The molecule has 3 rings (SSSR count). The third-order valence-corrected chi connectivity index (χ3v) is 4.13. The van der Waals surface area contributed by atoms with Crippen LogP contribution in [0.5, 0.6) is 11.5 Å². The summed E-state index contributed by atoms with van der Waals surface area (Å²) in [6, 6.07) is 13.1. The second kappa shape index (κ2) is 6.83. The summed E-state index contributed by atoms with van der Waals surface area (Å²) in [7, 11) is 1.59. The second-order valence-electron chi connectivity index (χ2n) is 5.86. The quantitative estimate of drug-likeness (QED) is 0.919. The Hall–Kier alpha value is -2.69. The van der Waals surface area contributed by atoms with Gasteiger partial charge in [0.1, 0.15) is 17.6 Å². The molecule has 1 aliphatic heterocycles. The van der Waals surface area contributed by atoms with E-state index < -0.39 is 0 Å². The molecular weight excluding hydrogens is 304 g/mol. The highest BCUT2D eigenvalue weighted by Crippen LogP contribution is 2.35. The van der Waals surface area contributed by atoms with Gasteiger partial charge in [0.2, 0.25) is 0 Å². The summed E-state index contributed by atoms with van der Waals surface area (Å²) >= 11 is 0. The largest absolute Gasteiger partial charge is 0.495 e. The molecule has 0 bridgehead atoms. The van der Waals surface area contributed by atoms with Gasteiger partial charge in [0, 0.05) is 0 Å². The number of nitrogens with zero attached hydrogens (tertiary/aromatic N) is 1. The van der Waals surface area contributed by atoms with E-state index in [2.05, 4.69) is 12.2 Å². The van der Waals surface area contributed by atoms with Crippen molar-refractivity contribution in [2.75, 3.05) is 23.9 Å². The van der Waals surface area contributed by atoms with Gasteiger partial charge in [0.15, 0.2) is 0 Å². The average Bonchev–Trinajstić information content (AvgIpc) is 2.61. The number of hydrogen-bond donors (Lipinski definition) is 1. The Balaban J connectivity index is 1.90. The maximum atomic E-state index is 12.9. The average molecular weight is 326 g/mol. The molecule has 2 aromatic rings. The van der Waals surface area contributed by atoms with Gasteiger partial charge in [-0.1, -0.05) is 25.1 Å². The van der Waals surface area contributed by atoms with E-state index in [-0.39, 0.29) is 12.1 Å². The van der Waals surface area contributed by atoms with Crippen LogP contribution in [-0.2, 0) is 0 Å². The summed E-state index contributed by atoms with van der Waals surface area (Å²) in [5.41, 5.74) is 2.54. The third-order valence-electron chi connectivity index (χ3n) is 4.13. The van der Waals surface area contributed by atoms with E-state index in [0.29, 0.717) is 18.0 Å². The second-order valence-corrected chi connectivity index (χ2v) is 5.86. The zero-order valence-electron chi connectivity index (χ0n) is 14.2. The predicted octanol–water partition coefficient (Wildman–Crippen LogP) is 4.21. The van der Waals surface area contributed by atoms with E-state index in [1.165, 1.54) is 0 Å². The number of benzene rings is 2. The van der Waals surface area contributed by atoms with Gasteiger partial charge in [-0.2, -0.15) is 0 Å². The van der Waals surface area contributed by atoms with Gasteiger partial charge < -0.3 is 14.8 Å². The van der Waals surface area contributed by atoms with Crippen LogP contribution in [0, 0.1) is 6.92 Å². The molecule has 1 N–H and O–H groups in total. The normalized spacial score (nSPS) is 16.1. The number of urea groups is 1. The van der Waals surface area contributed by atoms with Crippen LogP contribution < -0.4 is 19.7 Å². The van der Waals surface area contributed by atoms with Crippen molar-refractivity contribution in [3.63, 3.8) is 0 Å². The molecule has 1 heterocycles. The van der Waals surface area contributed by atoms with E-state index in [1.54, 1.807) is 12.0 Å². The summed E-state index contributed by atoms with van der Waals surface area (Å²) in [6.45, 7) is 4.58. The van der Waals surface area contributed by atoms with Crippen LogP contribution >= 0.6 is 0 Å². The molecule has 2 aromatic carbocycles. The number of rotatable bonds is 3. The van der Waals surface area contributed by atoms with Crippen LogP contribution in [0.1, 0.15) is 18.9 Å². The number of para-hydroxylation sites is 2. The van der Waals surface area contributed by atoms with Gasteiger partial charge in [-0.3, -0.25) is 4.90 Å². The van der Waals surface area contributed by atoms with Gasteiger partial charge >= 0.3 is 6.03 Å². The molecule has 2 amide bonds. The standard InChI is InChI=1S/C19H22N2O3/c1-4-14-12-21(16-11-13(2)9-10-18(16)24-14)19(22)20-15-7-5-6-8-17(15)23-3/h5-11,14H,4,12H2,1-3H3,(H,20,22)/t14-/m1/s1. The molecule has 126 valence electrons. The van der Waals surface area contributed by atoms with E-state index in [9.17, 15) is 4.79 Å². The van der Waals surface area contributed by atoms with Crippen LogP contribution in [-0.4, -0.2) is 25.8 Å². The molecule has 0 saturated carbocycles. The summed E-state index contributed by atoms with van der Waals surface area (Å²) in [5.74, 6) is 1.38. The summed E-state index contributed by atoms with van der Waals surface area (Å²) in [4.78, 5) is 14.6. The van der Waals surface area contributed by atoms with Crippen LogP contribution in [0.25, 0.3) is 0 Å². The van der Waals surface area contributed by atoms with E-state index in [1.807, 2.05) is 49.4 Å². The highest BCUT2D eigenvalue weighted by molar-refractivity contribution is 6.03. The number of fused-ring (bicyclic) bond motifs is 1. The number of carbonyl (C=O) groups is 1. The molecule has 1 atom stereocenters. The van der Waals surface area contributed by atoms with Crippen molar-refractivity contribution in [2.45, 2.75) is 26.4 Å². The molecule has 0 aromatic heterocycles. The van der Waals surface area contributed by atoms with Crippen molar-refractivity contribution >= 4 is 17.4 Å². The zero-order chi connectivity index (χ0) is 17.1. The Morgan fingerprint density at radius 2 is 2.12 bits per heavy atom. The number of hydrogen-bond acceptors (Lipinski definition) is 3. The Bertz CT molecular complexity index is 745. The maximum Gasteiger partial charge on any atom is 0.326 e. The Morgan fingerprint density at radius 3 is 2.88 bits per heavy atom. The smallest absolute Gasteiger partial charge is 0.326 e. The minimum Gasteiger partial charge on any atom is -0.495 e. The number of methoxy groups -OCH3 is 1. The molecule has 0 aliphatic carbocycles. The van der Waals surface area contributed by atoms with Crippen molar-refractivity contribution in [1.82, 2.24) is 0 Å². The fraction of sp³-hybridized carbons (Fsp3) is 0.316. The number of anilines is 2. The zero-order valence-corrected chi connectivity index (χ0v) is 14.2.